The van der Waals surface area contributed by atoms with E-state index in [2.05, 4.69) is 10.3 Å². The summed E-state index contributed by atoms with van der Waals surface area (Å²) in [5.74, 6) is 0.259. The van der Waals surface area contributed by atoms with Crippen molar-refractivity contribution in [2.24, 2.45) is 0 Å². The molecule has 3 rings (SSSR count). The van der Waals surface area contributed by atoms with E-state index in [1.165, 1.54) is 0 Å². The van der Waals surface area contributed by atoms with E-state index in [1.54, 1.807) is 48.8 Å². The van der Waals surface area contributed by atoms with Gasteiger partial charge in [-0.1, -0.05) is 6.07 Å². The number of rotatable bonds is 6. The van der Waals surface area contributed by atoms with Crippen molar-refractivity contribution in [1.82, 2.24) is 4.98 Å². The molecular formula is C18H12N4O6. The highest BCUT2D eigenvalue weighted by atomic mass is 16.6. The minimum atomic E-state index is -0.799. The number of anilines is 1. The lowest BCUT2D eigenvalue weighted by atomic mass is 10.1. The second kappa shape index (κ2) is 7.91. The summed E-state index contributed by atoms with van der Waals surface area (Å²) in [7, 11) is 0. The van der Waals surface area contributed by atoms with Gasteiger partial charge in [-0.2, -0.15) is 0 Å². The fraction of sp³-hybridized carbons (Fsp3) is 0. The van der Waals surface area contributed by atoms with Crippen molar-refractivity contribution < 1.29 is 19.4 Å². The topological polar surface area (TPSA) is 138 Å². The Morgan fingerprint density at radius 3 is 2.14 bits per heavy atom. The first-order chi connectivity index (χ1) is 13.4. The standard InChI is InChI=1S/C18H12N4O6/c23-18(12-8-14(21(24)25)11-15(9-12)22(26)27)20-13-2-1-3-17(10-13)28-16-4-6-19-7-5-16/h1-11H,(H,20,23). The molecule has 3 aromatic rings. The van der Waals surface area contributed by atoms with Crippen molar-refractivity contribution in [3.63, 3.8) is 0 Å². The highest BCUT2D eigenvalue weighted by Gasteiger charge is 2.20. The van der Waals surface area contributed by atoms with Gasteiger partial charge in [0.1, 0.15) is 11.5 Å². The lowest BCUT2D eigenvalue weighted by molar-refractivity contribution is -0.394. The number of nitrogens with zero attached hydrogens (tertiary/aromatic N) is 3. The lowest BCUT2D eigenvalue weighted by Gasteiger charge is -2.09. The zero-order valence-corrected chi connectivity index (χ0v) is 14.1. The minimum absolute atomic E-state index is 0.207. The Bertz CT molecular complexity index is 1020. The monoisotopic (exact) mass is 380 g/mol. The quantitative estimate of drug-likeness (QED) is 0.505. The summed E-state index contributed by atoms with van der Waals surface area (Å²) in [5.41, 5.74) is -0.949. The molecule has 0 aliphatic rings. The summed E-state index contributed by atoms with van der Waals surface area (Å²) in [6.45, 7) is 0. The number of hydrogen-bond donors (Lipinski definition) is 1. The molecule has 0 fully saturated rings. The van der Waals surface area contributed by atoms with Crippen LogP contribution >= 0.6 is 0 Å². The molecule has 0 bridgehead atoms. The number of benzene rings is 2. The third-order valence-corrected chi connectivity index (χ3v) is 3.56. The van der Waals surface area contributed by atoms with Crippen LogP contribution in [0.4, 0.5) is 17.1 Å². The van der Waals surface area contributed by atoms with Crippen LogP contribution in [0.2, 0.25) is 0 Å². The molecule has 0 aliphatic heterocycles. The van der Waals surface area contributed by atoms with Gasteiger partial charge < -0.3 is 10.1 Å². The van der Waals surface area contributed by atoms with Crippen LogP contribution < -0.4 is 10.1 Å². The number of carbonyl (C=O) groups is 1. The van der Waals surface area contributed by atoms with Crippen LogP contribution in [0.5, 0.6) is 11.5 Å². The number of nitro groups is 2. The van der Waals surface area contributed by atoms with Crippen molar-refractivity contribution in [1.29, 1.82) is 0 Å². The molecule has 10 heteroatoms. The van der Waals surface area contributed by atoms with E-state index in [9.17, 15) is 25.0 Å². The SMILES string of the molecule is O=C(Nc1cccc(Oc2ccncc2)c1)c1cc([N+](=O)[O-])cc([N+](=O)[O-])c1. The number of amides is 1. The molecule has 0 spiro atoms. The van der Waals surface area contributed by atoms with Gasteiger partial charge in [0.2, 0.25) is 0 Å². The van der Waals surface area contributed by atoms with E-state index in [-0.39, 0.29) is 5.56 Å². The van der Waals surface area contributed by atoms with Gasteiger partial charge in [0.05, 0.1) is 21.5 Å². The van der Waals surface area contributed by atoms with Crippen molar-refractivity contribution in [2.75, 3.05) is 5.32 Å². The highest BCUT2D eigenvalue weighted by molar-refractivity contribution is 6.05. The van der Waals surface area contributed by atoms with E-state index in [0.717, 1.165) is 18.2 Å². The Morgan fingerprint density at radius 1 is 0.893 bits per heavy atom. The van der Waals surface area contributed by atoms with Crippen LogP contribution in [0, 0.1) is 20.2 Å². The highest BCUT2D eigenvalue weighted by Crippen LogP contribution is 2.26. The minimum Gasteiger partial charge on any atom is -0.457 e. The summed E-state index contributed by atoms with van der Waals surface area (Å²) in [6, 6.07) is 12.5. The number of ether oxygens (including phenoxy) is 1. The number of carbonyl (C=O) groups excluding carboxylic acids is 1. The molecule has 140 valence electrons. The van der Waals surface area contributed by atoms with Crippen LogP contribution in [0.25, 0.3) is 0 Å². The van der Waals surface area contributed by atoms with Crippen LogP contribution in [-0.2, 0) is 0 Å². The van der Waals surface area contributed by atoms with Gasteiger partial charge in [0.15, 0.2) is 0 Å². The summed E-state index contributed by atoms with van der Waals surface area (Å²) in [4.78, 5) is 36.6. The smallest absolute Gasteiger partial charge is 0.277 e. The number of non-ortho nitro benzene ring substituents is 2. The third kappa shape index (κ3) is 4.43. The second-order valence-corrected chi connectivity index (χ2v) is 5.52. The summed E-state index contributed by atoms with van der Waals surface area (Å²) in [5, 5.41) is 24.5. The van der Waals surface area contributed by atoms with Gasteiger partial charge in [-0.3, -0.25) is 30.0 Å². The van der Waals surface area contributed by atoms with Gasteiger partial charge in [-0.25, -0.2) is 0 Å². The molecule has 1 amide bonds. The Morgan fingerprint density at radius 2 is 1.54 bits per heavy atom. The maximum absolute atomic E-state index is 12.4. The number of nitro benzene ring substituents is 2. The zero-order chi connectivity index (χ0) is 20.1. The van der Waals surface area contributed by atoms with Crippen LogP contribution in [0.15, 0.2) is 67.0 Å². The summed E-state index contributed by atoms with van der Waals surface area (Å²) < 4.78 is 5.64. The van der Waals surface area contributed by atoms with Crippen LogP contribution in [0.3, 0.4) is 0 Å². The number of nitrogens with one attached hydrogen (secondary N) is 1. The molecule has 1 N–H and O–H groups in total. The first-order valence-corrected chi connectivity index (χ1v) is 7.85. The van der Waals surface area contributed by atoms with Gasteiger partial charge in [-0.05, 0) is 24.3 Å². The van der Waals surface area contributed by atoms with Crippen molar-refractivity contribution in [2.45, 2.75) is 0 Å². The number of hydrogen-bond acceptors (Lipinski definition) is 7. The van der Waals surface area contributed by atoms with Gasteiger partial charge in [-0.15, -0.1) is 0 Å². The van der Waals surface area contributed by atoms with E-state index in [4.69, 9.17) is 4.74 Å². The molecule has 0 atom stereocenters. The van der Waals surface area contributed by atoms with Crippen molar-refractivity contribution in [3.05, 3.63) is 92.8 Å². The average molecular weight is 380 g/mol. The largest absolute Gasteiger partial charge is 0.457 e. The third-order valence-electron chi connectivity index (χ3n) is 3.56. The second-order valence-electron chi connectivity index (χ2n) is 5.52. The van der Waals surface area contributed by atoms with E-state index in [0.29, 0.717) is 17.2 Å². The molecule has 1 aromatic heterocycles. The van der Waals surface area contributed by atoms with Gasteiger partial charge >= 0.3 is 0 Å². The maximum Gasteiger partial charge on any atom is 0.277 e. The van der Waals surface area contributed by atoms with Crippen LogP contribution in [0.1, 0.15) is 10.4 Å². The molecular weight excluding hydrogens is 368 g/mol. The molecule has 10 nitrogen and oxygen atoms in total. The van der Waals surface area contributed by atoms with Crippen LogP contribution in [-0.4, -0.2) is 20.7 Å². The Labute approximate surface area is 157 Å². The molecule has 0 unspecified atom stereocenters. The number of pyridine rings is 1. The predicted molar refractivity (Wildman–Crippen MR) is 98.5 cm³/mol. The van der Waals surface area contributed by atoms with E-state index < -0.39 is 27.1 Å². The van der Waals surface area contributed by atoms with Gasteiger partial charge in [0, 0.05) is 36.3 Å². The molecule has 28 heavy (non-hydrogen) atoms. The fourth-order valence-corrected chi connectivity index (χ4v) is 2.32. The lowest BCUT2D eigenvalue weighted by Crippen LogP contribution is -2.12. The maximum atomic E-state index is 12.4. The molecule has 0 saturated heterocycles. The predicted octanol–water partition coefficient (Wildman–Crippen LogP) is 3.94. The first-order valence-electron chi connectivity index (χ1n) is 7.85. The number of aromatic nitrogens is 1. The molecule has 0 saturated carbocycles. The first kappa shape index (κ1) is 18.5. The average Bonchev–Trinajstić information content (AvgIpc) is 2.68. The Kier molecular flexibility index (Phi) is 5.21. The van der Waals surface area contributed by atoms with Crippen molar-refractivity contribution in [3.8, 4) is 11.5 Å². The van der Waals surface area contributed by atoms with Gasteiger partial charge in [0.25, 0.3) is 17.3 Å². The fourth-order valence-electron chi connectivity index (χ4n) is 2.32. The molecule has 0 aliphatic carbocycles. The Hall–Kier alpha value is -4.34. The summed E-state index contributed by atoms with van der Waals surface area (Å²) >= 11 is 0. The molecule has 2 aromatic carbocycles. The van der Waals surface area contributed by atoms with E-state index in [1.807, 2.05) is 0 Å². The molecule has 0 radical (unpaired) electrons. The Balaban J connectivity index is 1.82. The summed E-state index contributed by atoms with van der Waals surface area (Å²) in [6.07, 6.45) is 3.13. The normalized spacial score (nSPS) is 10.1. The zero-order valence-electron chi connectivity index (χ0n) is 14.1. The van der Waals surface area contributed by atoms with E-state index >= 15 is 0 Å². The van der Waals surface area contributed by atoms with Crippen molar-refractivity contribution >= 4 is 23.0 Å². The molecule has 1 heterocycles.